The van der Waals surface area contributed by atoms with Crippen LogP contribution in [0.1, 0.15) is 90.8 Å². The molecule has 1 saturated carbocycles. The Bertz CT molecular complexity index is 1050. The van der Waals surface area contributed by atoms with Crippen LogP contribution in [0.15, 0.2) is 47.2 Å². The first-order valence-corrected chi connectivity index (χ1v) is 11.8. The van der Waals surface area contributed by atoms with Gasteiger partial charge < -0.3 is 10.3 Å². The summed E-state index contributed by atoms with van der Waals surface area (Å²) in [6.45, 7) is 10.8. The number of rotatable bonds is 8. The van der Waals surface area contributed by atoms with Gasteiger partial charge in [-0.25, -0.2) is 4.98 Å². The molecule has 5 heteroatoms. The molecule has 0 saturated heterocycles. The number of nitriles is 1. The Morgan fingerprint density at radius 3 is 2.39 bits per heavy atom. The molecule has 0 spiro atoms. The zero-order valence-corrected chi connectivity index (χ0v) is 24.7. The van der Waals surface area contributed by atoms with Crippen LogP contribution < -0.4 is 51.4 Å². The number of unbranched alkanes of at least 4 members (excludes halogenated alkanes) is 1. The fourth-order valence-electron chi connectivity index (χ4n) is 3.41. The van der Waals surface area contributed by atoms with Crippen LogP contribution in [0, 0.1) is 11.3 Å². The summed E-state index contributed by atoms with van der Waals surface area (Å²) in [5.74, 6) is 0.615. The van der Waals surface area contributed by atoms with Crippen molar-refractivity contribution in [1.29, 1.82) is 5.26 Å². The van der Waals surface area contributed by atoms with E-state index in [-0.39, 0.29) is 51.4 Å². The monoisotopic (exact) mass is 468 g/mol. The van der Waals surface area contributed by atoms with Crippen LogP contribution in [-0.2, 0) is 0 Å². The molecular weight excluding hydrogens is 431 g/mol. The SMILES string of the molecule is C1CC1.C\C=C(/C(C)=C\C(CCCC)=C(/C)CC)c1cc2cnc([N-]C)cc2nc1C#N.[K+]. The molecule has 0 amide bonds. The molecule has 1 aliphatic rings. The van der Waals surface area contributed by atoms with Crippen molar-refractivity contribution in [3.63, 3.8) is 0 Å². The molecule has 0 N–H and O–H groups in total. The minimum absolute atomic E-state index is 0. The molecule has 2 aromatic rings. The Kier molecular flexibility index (Phi) is 14.0. The van der Waals surface area contributed by atoms with Gasteiger partial charge in [-0.15, -0.1) is 0 Å². The second-order valence-electron chi connectivity index (χ2n) is 8.31. The first-order valence-electron chi connectivity index (χ1n) is 11.8. The van der Waals surface area contributed by atoms with Gasteiger partial charge in [-0.2, -0.15) is 5.26 Å². The van der Waals surface area contributed by atoms with Gasteiger partial charge in [0.05, 0.1) is 5.52 Å². The molecule has 1 aliphatic carbocycles. The number of allylic oxidation sites excluding steroid dienone is 6. The van der Waals surface area contributed by atoms with E-state index >= 15 is 0 Å². The quantitative estimate of drug-likeness (QED) is 0.375. The minimum Gasteiger partial charge on any atom is -0.469 e. The summed E-state index contributed by atoms with van der Waals surface area (Å²) in [6.07, 6.45) is 15.1. The number of pyridine rings is 2. The molecule has 0 radical (unpaired) electrons. The van der Waals surface area contributed by atoms with Gasteiger partial charge in [0.2, 0.25) is 0 Å². The minimum atomic E-state index is 0. The second-order valence-corrected chi connectivity index (χ2v) is 8.31. The molecule has 0 unspecified atom stereocenters. The van der Waals surface area contributed by atoms with Gasteiger partial charge in [-0.05, 0) is 74.3 Å². The van der Waals surface area contributed by atoms with E-state index < -0.39 is 0 Å². The van der Waals surface area contributed by atoms with Crippen molar-refractivity contribution in [2.24, 2.45) is 0 Å². The Labute approximate surface area is 243 Å². The molecule has 0 bridgehead atoms. The summed E-state index contributed by atoms with van der Waals surface area (Å²) in [5, 5.41) is 14.8. The van der Waals surface area contributed by atoms with Gasteiger partial charge in [0.15, 0.2) is 0 Å². The maximum absolute atomic E-state index is 9.75. The van der Waals surface area contributed by atoms with E-state index in [1.54, 1.807) is 13.2 Å². The van der Waals surface area contributed by atoms with Gasteiger partial charge >= 0.3 is 51.4 Å². The third-order valence-corrected chi connectivity index (χ3v) is 5.65. The van der Waals surface area contributed by atoms with Crippen LogP contribution in [0.25, 0.3) is 21.8 Å². The molecule has 3 rings (SSSR count). The predicted octanol–water partition coefficient (Wildman–Crippen LogP) is 5.58. The maximum atomic E-state index is 9.75. The fraction of sp³-hybridized carbons (Fsp3) is 0.464. The number of hydrogen-bond acceptors (Lipinski definition) is 3. The van der Waals surface area contributed by atoms with Crippen LogP contribution in [0.4, 0.5) is 5.82 Å². The van der Waals surface area contributed by atoms with Crippen LogP contribution in [0.5, 0.6) is 0 Å². The fourth-order valence-corrected chi connectivity index (χ4v) is 3.41. The van der Waals surface area contributed by atoms with Gasteiger partial charge in [0.1, 0.15) is 11.8 Å². The molecule has 0 atom stereocenters. The van der Waals surface area contributed by atoms with Crippen LogP contribution >= 0.6 is 0 Å². The predicted molar refractivity (Wildman–Crippen MR) is 137 cm³/mol. The molecular formula is C28H37KN4. The summed E-state index contributed by atoms with van der Waals surface area (Å²) < 4.78 is 0. The first-order chi connectivity index (χ1) is 15.5. The van der Waals surface area contributed by atoms with E-state index in [1.807, 2.05) is 19.1 Å². The van der Waals surface area contributed by atoms with Crippen LogP contribution in [0.3, 0.4) is 0 Å². The van der Waals surface area contributed by atoms with E-state index in [9.17, 15) is 5.26 Å². The number of nitrogens with zero attached hydrogens (tertiary/aromatic N) is 4. The second kappa shape index (κ2) is 15.6. The normalized spacial score (nSPS) is 13.8. The van der Waals surface area contributed by atoms with E-state index in [1.165, 1.54) is 43.3 Å². The van der Waals surface area contributed by atoms with Crippen molar-refractivity contribution in [3.05, 3.63) is 63.8 Å². The zero-order chi connectivity index (χ0) is 23.5. The van der Waals surface area contributed by atoms with Crippen molar-refractivity contribution in [2.45, 2.75) is 79.6 Å². The molecule has 0 aromatic carbocycles. The third kappa shape index (κ3) is 9.11. The molecule has 1 fully saturated rings. The van der Waals surface area contributed by atoms with Gasteiger partial charge in [0, 0.05) is 5.56 Å². The molecule has 0 aliphatic heterocycles. The van der Waals surface area contributed by atoms with E-state index in [0.29, 0.717) is 11.5 Å². The Hall–Kier alpha value is -1.29. The third-order valence-electron chi connectivity index (χ3n) is 5.65. The number of aromatic nitrogens is 2. The average molecular weight is 469 g/mol. The summed E-state index contributed by atoms with van der Waals surface area (Å²) in [4.78, 5) is 8.93. The molecule has 2 heterocycles. The number of fused-ring (bicyclic) bond motifs is 1. The van der Waals surface area contributed by atoms with Gasteiger partial charge in [-0.1, -0.05) is 76.3 Å². The Balaban J connectivity index is 0.00000125. The van der Waals surface area contributed by atoms with E-state index in [0.717, 1.165) is 40.5 Å². The van der Waals surface area contributed by atoms with Crippen LogP contribution in [-0.4, -0.2) is 17.0 Å². The standard InChI is InChI=1S/C25H31N4.C3H6.K/c1-7-10-11-19(17(4)8-2)12-18(5)21(9-3)22-13-20-16-28-25(27-6)14-23(20)29-24(22)15-26;1-2-3-1;/h9,12-14,16H,7-8,10-11H2,1-6H3;1-3H2;/q-1;;+1/b18-12-,19-17+,21-9+;;. The van der Waals surface area contributed by atoms with Crippen molar-refractivity contribution < 1.29 is 51.4 Å². The Morgan fingerprint density at radius 1 is 1.18 bits per heavy atom. The van der Waals surface area contributed by atoms with Crippen LogP contribution in [0.2, 0.25) is 0 Å². The molecule has 170 valence electrons. The largest absolute Gasteiger partial charge is 1.00 e. The van der Waals surface area contributed by atoms with Crippen molar-refractivity contribution >= 4 is 22.3 Å². The van der Waals surface area contributed by atoms with Crippen molar-refractivity contribution in [3.8, 4) is 6.07 Å². The average Bonchev–Trinajstić information content (AvgIpc) is 3.70. The summed E-state index contributed by atoms with van der Waals surface area (Å²) in [6, 6.07) is 6.10. The smallest absolute Gasteiger partial charge is 0.469 e. The first kappa shape index (κ1) is 29.7. The molecule has 4 nitrogen and oxygen atoms in total. The topological polar surface area (TPSA) is 63.7 Å². The molecule has 33 heavy (non-hydrogen) atoms. The van der Waals surface area contributed by atoms with Crippen molar-refractivity contribution in [2.75, 3.05) is 7.05 Å². The van der Waals surface area contributed by atoms with Gasteiger partial charge in [0.25, 0.3) is 0 Å². The maximum Gasteiger partial charge on any atom is 1.00 e. The van der Waals surface area contributed by atoms with E-state index in [2.05, 4.69) is 61.2 Å². The summed E-state index contributed by atoms with van der Waals surface area (Å²) >= 11 is 0. The van der Waals surface area contributed by atoms with Gasteiger partial charge in [-0.3, -0.25) is 0 Å². The Morgan fingerprint density at radius 2 is 1.88 bits per heavy atom. The number of hydrogen-bond donors (Lipinski definition) is 0. The molecule has 2 aromatic heterocycles. The summed E-state index contributed by atoms with van der Waals surface area (Å²) in [7, 11) is 1.70. The van der Waals surface area contributed by atoms with E-state index in [4.69, 9.17) is 0 Å². The zero-order valence-electron chi connectivity index (χ0n) is 21.6. The summed E-state index contributed by atoms with van der Waals surface area (Å²) in [5.41, 5.74) is 7.03. The van der Waals surface area contributed by atoms with Crippen molar-refractivity contribution in [1.82, 2.24) is 9.97 Å².